The Balaban J connectivity index is 1.96. The summed E-state index contributed by atoms with van der Waals surface area (Å²) in [6.07, 6.45) is 1.34. The van der Waals surface area contributed by atoms with Crippen LogP contribution in [0.15, 0.2) is 29.1 Å². The highest BCUT2D eigenvalue weighted by Gasteiger charge is 2.27. The summed E-state index contributed by atoms with van der Waals surface area (Å²) in [7, 11) is 1.48. The average molecular weight is 315 g/mol. The number of nitrogens with one attached hydrogen (secondary N) is 1. The van der Waals surface area contributed by atoms with E-state index < -0.39 is 12.1 Å². The first-order chi connectivity index (χ1) is 11.1. The predicted molar refractivity (Wildman–Crippen MR) is 83.0 cm³/mol. The third kappa shape index (κ3) is 2.94. The van der Waals surface area contributed by atoms with Gasteiger partial charge >= 0.3 is 5.97 Å². The van der Waals surface area contributed by atoms with Crippen molar-refractivity contribution in [3.05, 3.63) is 40.3 Å². The second kappa shape index (κ2) is 6.20. The molecular formula is C16H17N3O4. The van der Waals surface area contributed by atoms with Crippen molar-refractivity contribution in [2.45, 2.75) is 25.4 Å². The lowest BCUT2D eigenvalue weighted by atomic mass is 10.1. The number of nitrogens with zero attached hydrogens (tertiary/aromatic N) is 2. The van der Waals surface area contributed by atoms with E-state index in [0.29, 0.717) is 23.7 Å². The summed E-state index contributed by atoms with van der Waals surface area (Å²) in [5, 5.41) is 7.55. The van der Waals surface area contributed by atoms with Gasteiger partial charge in [-0.3, -0.25) is 9.59 Å². The van der Waals surface area contributed by atoms with E-state index in [4.69, 9.17) is 4.74 Å². The van der Waals surface area contributed by atoms with Crippen LogP contribution in [0.4, 0.5) is 0 Å². The molecule has 0 bridgehead atoms. The van der Waals surface area contributed by atoms with Gasteiger partial charge in [0.25, 0.3) is 11.5 Å². The highest BCUT2D eigenvalue weighted by molar-refractivity contribution is 6.02. The Morgan fingerprint density at radius 3 is 2.78 bits per heavy atom. The van der Waals surface area contributed by atoms with Crippen LogP contribution in [0.2, 0.25) is 0 Å². The van der Waals surface area contributed by atoms with Gasteiger partial charge in [0.05, 0.1) is 5.39 Å². The van der Waals surface area contributed by atoms with Gasteiger partial charge in [0.15, 0.2) is 11.8 Å². The van der Waals surface area contributed by atoms with Crippen molar-refractivity contribution in [3.8, 4) is 0 Å². The molecule has 1 amide bonds. The number of rotatable bonds is 2. The second-order valence-electron chi connectivity index (χ2n) is 5.50. The van der Waals surface area contributed by atoms with Crippen molar-refractivity contribution in [2.24, 2.45) is 7.05 Å². The Labute approximate surface area is 132 Å². The number of carbonyl (C=O) groups excluding carboxylic acids is 2. The number of aryl methyl sites for hydroxylation is 1. The Kier molecular flexibility index (Phi) is 4.10. The molecule has 1 aliphatic rings. The Hall–Kier alpha value is -2.70. The maximum absolute atomic E-state index is 12.5. The lowest BCUT2D eigenvalue weighted by Gasteiger charge is -2.15. The largest absolute Gasteiger partial charge is 0.447 e. The summed E-state index contributed by atoms with van der Waals surface area (Å²) in [6, 6.07) is 6.72. The summed E-state index contributed by atoms with van der Waals surface area (Å²) in [4.78, 5) is 36.4. The molecule has 1 aromatic heterocycles. The van der Waals surface area contributed by atoms with E-state index in [2.05, 4.69) is 10.4 Å². The van der Waals surface area contributed by atoms with Crippen molar-refractivity contribution in [1.29, 1.82) is 0 Å². The Morgan fingerprint density at radius 1 is 1.26 bits per heavy atom. The van der Waals surface area contributed by atoms with Crippen molar-refractivity contribution in [3.63, 3.8) is 0 Å². The zero-order valence-electron chi connectivity index (χ0n) is 12.7. The van der Waals surface area contributed by atoms with Crippen molar-refractivity contribution >= 4 is 22.6 Å². The molecule has 2 heterocycles. The van der Waals surface area contributed by atoms with E-state index in [1.54, 1.807) is 24.3 Å². The van der Waals surface area contributed by atoms with E-state index in [1.165, 1.54) is 7.05 Å². The number of esters is 1. The fourth-order valence-corrected chi connectivity index (χ4v) is 2.66. The first kappa shape index (κ1) is 15.2. The van der Waals surface area contributed by atoms with Gasteiger partial charge in [-0.2, -0.15) is 5.10 Å². The highest BCUT2D eigenvalue weighted by Crippen LogP contribution is 2.16. The summed E-state index contributed by atoms with van der Waals surface area (Å²) in [5.41, 5.74) is -0.246. The molecule has 1 aromatic carbocycles. The zero-order chi connectivity index (χ0) is 16.4. The third-order valence-electron chi connectivity index (χ3n) is 3.88. The number of benzene rings is 1. The van der Waals surface area contributed by atoms with Gasteiger partial charge in [-0.25, -0.2) is 9.48 Å². The molecule has 0 spiro atoms. The molecule has 1 N–H and O–H groups in total. The smallest absolute Gasteiger partial charge is 0.360 e. The van der Waals surface area contributed by atoms with Gasteiger partial charge in [0.1, 0.15) is 0 Å². The highest BCUT2D eigenvalue weighted by atomic mass is 16.5. The molecule has 2 aromatic rings. The predicted octanol–water partition coefficient (Wildman–Crippen LogP) is 0.759. The molecule has 1 fully saturated rings. The van der Waals surface area contributed by atoms with E-state index >= 15 is 0 Å². The van der Waals surface area contributed by atoms with E-state index in [0.717, 1.165) is 17.5 Å². The van der Waals surface area contributed by atoms with Gasteiger partial charge in [0, 0.05) is 19.0 Å². The summed E-state index contributed by atoms with van der Waals surface area (Å²) < 4.78 is 6.45. The Bertz CT molecular complexity index is 828. The minimum atomic E-state index is -0.817. The molecule has 7 heteroatoms. The average Bonchev–Trinajstić information content (AvgIpc) is 2.75. The molecule has 1 saturated heterocycles. The molecule has 1 aliphatic heterocycles. The van der Waals surface area contributed by atoms with Crippen LogP contribution in [0.5, 0.6) is 0 Å². The fraction of sp³-hybridized carbons (Fsp3) is 0.375. The molecule has 23 heavy (non-hydrogen) atoms. The van der Waals surface area contributed by atoms with Crippen LogP contribution in [0, 0.1) is 0 Å². The molecule has 3 rings (SSSR count). The number of carbonyl (C=O) groups is 2. The zero-order valence-corrected chi connectivity index (χ0v) is 12.7. The number of aromatic nitrogens is 2. The lowest BCUT2D eigenvalue weighted by Crippen LogP contribution is -2.36. The number of ether oxygens (including phenoxy) is 1. The normalized spacial score (nSPS) is 18.3. The molecular weight excluding hydrogens is 298 g/mol. The molecule has 0 saturated carbocycles. The van der Waals surface area contributed by atoms with Crippen LogP contribution >= 0.6 is 0 Å². The topological polar surface area (TPSA) is 90.3 Å². The van der Waals surface area contributed by atoms with Crippen LogP contribution in [0.1, 0.15) is 29.8 Å². The first-order valence-electron chi connectivity index (χ1n) is 7.52. The van der Waals surface area contributed by atoms with Crippen molar-refractivity contribution < 1.29 is 14.3 Å². The lowest BCUT2D eigenvalue weighted by molar-refractivity contribution is -0.129. The number of fused-ring (bicyclic) bond motifs is 1. The van der Waals surface area contributed by atoms with Crippen molar-refractivity contribution in [1.82, 2.24) is 15.1 Å². The van der Waals surface area contributed by atoms with Gasteiger partial charge < -0.3 is 10.1 Å². The SMILES string of the molecule is Cn1nc(C(=O)OC2CCCCNC2=O)c2ccccc2c1=O. The van der Waals surface area contributed by atoms with Gasteiger partial charge in [-0.05, 0) is 25.3 Å². The van der Waals surface area contributed by atoms with Gasteiger partial charge in [-0.15, -0.1) is 0 Å². The minimum absolute atomic E-state index is 0.0414. The minimum Gasteiger partial charge on any atom is -0.447 e. The maximum atomic E-state index is 12.5. The van der Waals surface area contributed by atoms with Crippen LogP contribution in [0.3, 0.4) is 0 Å². The summed E-state index contributed by atoms with van der Waals surface area (Å²) in [6.45, 7) is 0.591. The van der Waals surface area contributed by atoms with Crippen LogP contribution in [-0.2, 0) is 16.6 Å². The van der Waals surface area contributed by atoms with Crippen LogP contribution < -0.4 is 10.9 Å². The molecule has 0 radical (unpaired) electrons. The van der Waals surface area contributed by atoms with Crippen LogP contribution in [-0.4, -0.2) is 34.3 Å². The Morgan fingerprint density at radius 2 is 2.00 bits per heavy atom. The second-order valence-corrected chi connectivity index (χ2v) is 5.50. The first-order valence-corrected chi connectivity index (χ1v) is 7.52. The maximum Gasteiger partial charge on any atom is 0.360 e. The fourth-order valence-electron chi connectivity index (χ4n) is 2.66. The van der Waals surface area contributed by atoms with E-state index in [9.17, 15) is 14.4 Å². The molecule has 7 nitrogen and oxygen atoms in total. The number of hydrogen-bond donors (Lipinski definition) is 1. The monoisotopic (exact) mass is 315 g/mol. The van der Waals surface area contributed by atoms with E-state index in [1.807, 2.05) is 0 Å². The van der Waals surface area contributed by atoms with Crippen molar-refractivity contribution in [2.75, 3.05) is 6.54 Å². The molecule has 120 valence electrons. The third-order valence-corrected chi connectivity index (χ3v) is 3.88. The standard InChI is InChI=1S/C16H17N3O4/c1-19-15(21)11-7-3-2-6-10(11)13(18-19)16(22)23-12-8-4-5-9-17-14(12)20/h2-3,6-7,12H,4-5,8-9H2,1H3,(H,17,20). The quantitative estimate of drug-likeness (QED) is 0.826. The van der Waals surface area contributed by atoms with Crippen LogP contribution in [0.25, 0.3) is 10.8 Å². The van der Waals surface area contributed by atoms with Gasteiger partial charge in [0.2, 0.25) is 0 Å². The molecule has 1 atom stereocenters. The molecule has 0 aliphatic carbocycles. The molecule has 1 unspecified atom stereocenters. The number of hydrogen-bond acceptors (Lipinski definition) is 5. The summed E-state index contributed by atoms with van der Waals surface area (Å²) in [5.74, 6) is -0.983. The van der Waals surface area contributed by atoms with Gasteiger partial charge in [-0.1, -0.05) is 18.2 Å². The van der Waals surface area contributed by atoms with E-state index in [-0.39, 0.29) is 17.2 Å². The summed E-state index contributed by atoms with van der Waals surface area (Å²) >= 11 is 0. The number of amides is 1.